The van der Waals surface area contributed by atoms with Gasteiger partial charge in [0.05, 0.1) is 9.35 Å². The zero-order chi connectivity index (χ0) is 12.9. The van der Waals surface area contributed by atoms with Crippen molar-refractivity contribution in [1.82, 2.24) is 5.32 Å². The molecule has 0 aliphatic carbocycles. The first-order valence-electron chi connectivity index (χ1n) is 5.53. The second kappa shape index (κ2) is 6.76. The predicted molar refractivity (Wildman–Crippen MR) is 78.1 cm³/mol. The number of halogens is 2. The largest absolute Gasteiger partial charge is 0.351 e. The van der Waals surface area contributed by atoms with Crippen molar-refractivity contribution in [2.45, 2.75) is 26.7 Å². The van der Waals surface area contributed by atoms with E-state index in [9.17, 15) is 4.79 Å². The Morgan fingerprint density at radius 3 is 2.82 bits per heavy atom. The summed E-state index contributed by atoms with van der Waals surface area (Å²) in [4.78, 5) is 11.8. The molecule has 0 aliphatic heterocycles. The van der Waals surface area contributed by atoms with E-state index in [1.165, 1.54) is 11.3 Å². The highest BCUT2D eigenvalue weighted by molar-refractivity contribution is 9.11. The highest BCUT2D eigenvalue weighted by Gasteiger charge is 2.19. The molecule has 0 saturated carbocycles. The van der Waals surface area contributed by atoms with Gasteiger partial charge in [-0.25, -0.2) is 0 Å². The van der Waals surface area contributed by atoms with Crippen LogP contribution in [-0.4, -0.2) is 18.3 Å². The third-order valence-corrected chi connectivity index (χ3v) is 4.32. The second-order valence-corrected chi connectivity index (χ2v) is 7.45. The summed E-state index contributed by atoms with van der Waals surface area (Å²) in [5, 5.41) is 4.82. The zero-order valence-electron chi connectivity index (χ0n) is 10.1. The third kappa shape index (κ3) is 5.40. The Balaban J connectivity index is 2.42. The number of thiophene rings is 1. The molecule has 0 spiro atoms. The number of carbonyl (C=O) groups excluding carboxylic acids is 1. The number of alkyl halides is 1. The number of rotatable bonds is 6. The smallest absolute Gasteiger partial charge is 0.252 e. The van der Waals surface area contributed by atoms with Crippen molar-refractivity contribution in [3.05, 3.63) is 20.8 Å². The van der Waals surface area contributed by atoms with E-state index < -0.39 is 0 Å². The van der Waals surface area contributed by atoms with E-state index in [0.29, 0.717) is 12.4 Å². The Bertz CT molecular complexity index is 378. The predicted octanol–water partition coefficient (Wildman–Crippen LogP) is 4.29. The van der Waals surface area contributed by atoms with Crippen LogP contribution in [0.3, 0.4) is 0 Å². The molecule has 0 saturated heterocycles. The minimum atomic E-state index is -0.00843. The summed E-state index contributed by atoms with van der Waals surface area (Å²) in [7, 11) is 0. The molecule has 1 N–H and O–H groups in total. The van der Waals surface area contributed by atoms with Gasteiger partial charge in [-0.05, 0) is 40.3 Å². The van der Waals surface area contributed by atoms with Gasteiger partial charge in [0.1, 0.15) is 0 Å². The molecule has 1 aromatic heterocycles. The van der Waals surface area contributed by atoms with Crippen LogP contribution < -0.4 is 5.32 Å². The van der Waals surface area contributed by atoms with E-state index >= 15 is 0 Å². The van der Waals surface area contributed by atoms with Crippen molar-refractivity contribution in [3.8, 4) is 0 Å². The van der Waals surface area contributed by atoms with Crippen molar-refractivity contribution < 1.29 is 4.79 Å². The molecule has 1 heterocycles. The monoisotopic (exact) mass is 337 g/mol. The van der Waals surface area contributed by atoms with E-state index in [-0.39, 0.29) is 11.3 Å². The number of nitrogens with one attached hydrogen (secondary N) is 1. The lowest BCUT2D eigenvalue weighted by molar-refractivity contribution is 0.0935. The average Bonchev–Trinajstić information content (AvgIpc) is 2.70. The minimum Gasteiger partial charge on any atom is -0.351 e. The first-order chi connectivity index (χ1) is 7.94. The SMILES string of the molecule is CC(C)(CCCCl)CNC(=O)c1csc(Br)c1. The van der Waals surface area contributed by atoms with Gasteiger partial charge in [0.15, 0.2) is 0 Å². The zero-order valence-corrected chi connectivity index (χ0v) is 13.2. The maximum absolute atomic E-state index is 11.8. The number of hydrogen-bond acceptors (Lipinski definition) is 2. The molecular formula is C12H17BrClNOS. The first-order valence-corrected chi connectivity index (χ1v) is 7.73. The Hall–Kier alpha value is -0.0600. The van der Waals surface area contributed by atoms with Crippen LogP contribution in [0.4, 0.5) is 0 Å². The molecular weight excluding hydrogens is 322 g/mol. The Labute approximate surface area is 120 Å². The number of hydrogen-bond donors (Lipinski definition) is 1. The van der Waals surface area contributed by atoms with Gasteiger partial charge >= 0.3 is 0 Å². The molecule has 0 bridgehead atoms. The molecule has 0 fully saturated rings. The van der Waals surface area contributed by atoms with Crippen LogP contribution in [0.25, 0.3) is 0 Å². The third-order valence-electron chi connectivity index (χ3n) is 2.54. The summed E-state index contributed by atoms with van der Waals surface area (Å²) in [6.07, 6.45) is 2.00. The molecule has 5 heteroatoms. The standard InChI is InChI=1S/C12H17BrClNOS/c1-12(2,4-3-5-14)8-15-11(16)9-6-10(13)17-7-9/h6-7H,3-5,8H2,1-2H3,(H,15,16). The number of amides is 1. The highest BCUT2D eigenvalue weighted by atomic mass is 79.9. The molecule has 0 aromatic carbocycles. The molecule has 2 nitrogen and oxygen atoms in total. The van der Waals surface area contributed by atoms with Crippen LogP contribution >= 0.6 is 38.9 Å². The van der Waals surface area contributed by atoms with Crippen molar-refractivity contribution in [1.29, 1.82) is 0 Å². The molecule has 0 radical (unpaired) electrons. The molecule has 0 unspecified atom stereocenters. The molecule has 96 valence electrons. The van der Waals surface area contributed by atoms with Crippen molar-refractivity contribution in [2.24, 2.45) is 5.41 Å². The van der Waals surface area contributed by atoms with Gasteiger partial charge in [0, 0.05) is 17.8 Å². The summed E-state index contributed by atoms with van der Waals surface area (Å²) in [5.74, 6) is 0.667. The molecule has 17 heavy (non-hydrogen) atoms. The maximum atomic E-state index is 11.8. The van der Waals surface area contributed by atoms with E-state index in [4.69, 9.17) is 11.6 Å². The van der Waals surface area contributed by atoms with Gasteiger partial charge in [-0.1, -0.05) is 13.8 Å². The first kappa shape index (κ1) is 15.0. The van der Waals surface area contributed by atoms with Crippen molar-refractivity contribution >= 4 is 44.8 Å². The van der Waals surface area contributed by atoms with Gasteiger partial charge < -0.3 is 5.32 Å². The number of carbonyl (C=O) groups is 1. The lowest BCUT2D eigenvalue weighted by Crippen LogP contribution is -2.33. The topological polar surface area (TPSA) is 29.1 Å². The van der Waals surface area contributed by atoms with Crippen LogP contribution in [0.1, 0.15) is 37.0 Å². The Kier molecular flexibility index (Phi) is 5.97. The van der Waals surface area contributed by atoms with E-state index in [1.54, 1.807) is 0 Å². The molecule has 0 aliphatic rings. The van der Waals surface area contributed by atoms with E-state index in [1.807, 2.05) is 11.4 Å². The fourth-order valence-corrected chi connectivity index (χ4v) is 2.75. The van der Waals surface area contributed by atoms with Gasteiger partial charge in [-0.15, -0.1) is 22.9 Å². The normalized spacial score (nSPS) is 11.5. The summed E-state index contributed by atoms with van der Waals surface area (Å²) in [6, 6.07) is 1.84. The molecule has 0 atom stereocenters. The second-order valence-electron chi connectivity index (χ2n) is 4.78. The summed E-state index contributed by atoms with van der Waals surface area (Å²) in [5.41, 5.74) is 0.813. The van der Waals surface area contributed by atoms with Gasteiger partial charge in [0.25, 0.3) is 5.91 Å². The Morgan fingerprint density at radius 2 is 2.29 bits per heavy atom. The quantitative estimate of drug-likeness (QED) is 0.770. The Morgan fingerprint density at radius 1 is 1.59 bits per heavy atom. The van der Waals surface area contributed by atoms with Gasteiger partial charge in [-0.2, -0.15) is 0 Å². The van der Waals surface area contributed by atoms with E-state index in [0.717, 1.165) is 22.2 Å². The maximum Gasteiger partial charge on any atom is 0.252 e. The van der Waals surface area contributed by atoms with E-state index in [2.05, 4.69) is 35.1 Å². The summed E-state index contributed by atoms with van der Waals surface area (Å²) in [6.45, 7) is 4.96. The summed E-state index contributed by atoms with van der Waals surface area (Å²) < 4.78 is 0.976. The van der Waals surface area contributed by atoms with Crippen LogP contribution in [0.5, 0.6) is 0 Å². The van der Waals surface area contributed by atoms with Crippen LogP contribution in [-0.2, 0) is 0 Å². The molecule has 1 rings (SSSR count). The molecule has 1 amide bonds. The van der Waals surface area contributed by atoms with Crippen LogP contribution in [0.2, 0.25) is 0 Å². The van der Waals surface area contributed by atoms with Gasteiger partial charge in [0.2, 0.25) is 0 Å². The van der Waals surface area contributed by atoms with Crippen LogP contribution in [0, 0.1) is 5.41 Å². The van der Waals surface area contributed by atoms with Gasteiger partial charge in [-0.3, -0.25) is 4.79 Å². The lowest BCUT2D eigenvalue weighted by Gasteiger charge is -2.24. The summed E-state index contributed by atoms with van der Waals surface area (Å²) >= 11 is 10.5. The fraction of sp³-hybridized carbons (Fsp3) is 0.583. The minimum absolute atomic E-state index is 0.00843. The van der Waals surface area contributed by atoms with Crippen LogP contribution in [0.15, 0.2) is 15.2 Å². The fourth-order valence-electron chi connectivity index (χ4n) is 1.48. The van der Waals surface area contributed by atoms with Crippen molar-refractivity contribution in [2.75, 3.05) is 12.4 Å². The average molecular weight is 339 g/mol. The molecule has 1 aromatic rings. The van der Waals surface area contributed by atoms with Crippen molar-refractivity contribution in [3.63, 3.8) is 0 Å². The highest BCUT2D eigenvalue weighted by Crippen LogP contribution is 2.23. The lowest BCUT2D eigenvalue weighted by atomic mass is 9.88.